The van der Waals surface area contributed by atoms with E-state index in [2.05, 4.69) is 4.90 Å². The van der Waals surface area contributed by atoms with Crippen molar-refractivity contribution in [3.05, 3.63) is 58.6 Å². The monoisotopic (exact) mass is 415 g/mol. The second-order valence-electron chi connectivity index (χ2n) is 7.50. The van der Waals surface area contributed by atoms with Crippen LogP contribution in [0.4, 0.5) is 0 Å². The highest BCUT2D eigenvalue weighted by atomic mass is 35.5. The summed E-state index contributed by atoms with van der Waals surface area (Å²) in [7, 11) is 0. The van der Waals surface area contributed by atoms with E-state index in [0.717, 1.165) is 64.6 Å². The Morgan fingerprint density at radius 3 is 2.57 bits per heavy atom. The lowest BCUT2D eigenvalue weighted by atomic mass is 10.1. The van der Waals surface area contributed by atoms with Crippen LogP contribution in [0.2, 0.25) is 5.02 Å². The molecule has 2 fully saturated rings. The van der Waals surface area contributed by atoms with Gasteiger partial charge in [-0.2, -0.15) is 0 Å². The van der Waals surface area contributed by atoms with Gasteiger partial charge in [-0.15, -0.1) is 0 Å². The maximum atomic E-state index is 13.1. The minimum absolute atomic E-state index is 0.121. The predicted molar refractivity (Wildman–Crippen MR) is 115 cm³/mol. The van der Waals surface area contributed by atoms with Gasteiger partial charge in [-0.3, -0.25) is 9.69 Å². The second-order valence-corrected chi connectivity index (χ2v) is 9.05. The van der Waals surface area contributed by atoms with E-state index in [-0.39, 0.29) is 5.91 Å². The smallest absolute Gasteiger partial charge is 0.253 e. The highest BCUT2D eigenvalue weighted by Gasteiger charge is 2.31. The van der Waals surface area contributed by atoms with E-state index in [0.29, 0.717) is 6.54 Å². The molecular formula is C22H26ClN3OS. The van der Waals surface area contributed by atoms with Gasteiger partial charge in [0.25, 0.3) is 5.91 Å². The lowest BCUT2D eigenvalue weighted by Gasteiger charge is -2.22. The molecular weight excluding hydrogens is 390 g/mol. The van der Waals surface area contributed by atoms with Crippen LogP contribution in [0.25, 0.3) is 0 Å². The molecule has 1 aliphatic heterocycles. The molecule has 1 saturated carbocycles. The molecule has 148 valence electrons. The Morgan fingerprint density at radius 1 is 1.07 bits per heavy atom. The number of carbonyl (C=O) groups is 1. The minimum atomic E-state index is 0.121. The number of rotatable bonds is 5. The fraction of sp³-hybridized carbons (Fsp3) is 0.409. The molecule has 2 aromatic carbocycles. The average molecular weight is 416 g/mol. The quantitative estimate of drug-likeness (QED) is 0.792. The van der Waals surface area contributed by atoms with Crippen molar-refractivity contribution in [2.75, 3.05) is 26.2 Å². The zero-order chi connectivity index (χ0) is 19.5. The lowest BCUT2D eigenvalue weighted by Crippen LogP contribution is -2.35. The molecule has 0 aromatic heterocycles. The number of halogens is 1. The third-order valence-electron chi connectivity index (χ3n) is 5.45. The highest BCUT2D eigenvalue weighted by Crippen LogP contribution is 2.32. The number of nitrogens with zero attached hydrogens (tertiary/aromatic N) is 2. The van der Waals surface area contributed by atoms with Crippen molar-refractivity contribution in [1.82, 2.24) is 9.80 Å². The van der Waals surface area contributed by atoms with Crippen LogP contribution in [-0.2, 0) is 6.54 Å². The van der Waals surface area contributed by atoms with Crippen molar-refractivity contribution in [3.63, 3.8) is 0 Å². The Bertz CT molecular complexity index is 838. The minimum Gasteiger partial charge on any atom is -0.337 e. The molecule has 1 aliphatic carbocycles. The second kappa shape index (κ2) is 8.87. The van der Waals surface area contributed by atoms with Crippen LogP contribution in [0, 0.1) is 0 Å². The summed E-state index contributed by atoms with van der Waals surface area (Å²) in [6, 6.07) is 14.4. The molecule has 2 N–H and O–H groups in total. The summed E-state index contributed by atoms with van der Waals surface area (Å²) >= 11 is 7.62. The van der Waals surface area contributed by atoms with Gasteiger partial charge in [0.1, 0.15) is 0 Å². The van der Waals surface area contributed by atoms with Gasteiger partial charge in [0.05, 0.1) is 0 Å². The normalized spacial score (nSPS) is 18.1. The first-order valence-corrected chi connectivity index (χ1v) is 11.1. The van der Waals surface area contributed by atoms with Crippen molar-refractivity contribution in [2.24, 2.45) is 5.73 Å². The third-order valence-corrected chi connectivity index (χ3v) is 6.83. The molecule has 6 heteroatoms. The van der Waals surface area contributed by atoms with Crippen LogP contribution in [0.5, 0.6) is 0 Å². The molecule has 4 rings (SSSR count). The maximum absolute atomic E-state index is 13.1. The number of benzene rings is 2. The summed E-state index contributed by atoms with van der Waals surface area (Å²) in [6.07, 6.45) is 3.69. The third kappa shape index (κ3) is 4.71. The number of carbonyl (C=O) groups excluding carboxylic acids is 1. The van der Waals surface area contributed by atoms with Crippen LogP contribution >= 0.6 is 23.4 Å². The molecule has 28 heavy (non-hydrogen) atoms. The van der Waals surface area contributed by atoms with Crippen molar-refractivity contribution < 1.29 is 4.79 Å². The SMILES string of the molecule is NCc1cc(C(=O)N2CCCN(C3CC3)CC2)ccc1Sc1ccc(Cl)cc1. The van der Waals surface area contributed by atoms with Crippen LogP contribution in [0.1, 0.15) is 35.2 Å². The van der Waals surface area contributed by atoms with Gasteiger partial charge in [-0.1, -0.05) is 23.4 Å². The summed E-state index contributed by atoms with van der Waals surface area (Å²) < 4.78 is 0. The van der Waals surface area contributed by atoms with Crippen molar-refractivity contribution >= 4 is 29.3 Å². The van der Waals surface area contributed by atoms with Gasteiger partial charge >= 0.3 is 0 Å². The maximum Gasteiger partial charge on any atom is 0.253 e. The molecule has 0 unspecified atom stereocenters. The highest BCUT2D eigenvalue weighted by molar-refractivity contribution is 7.99. The van der Waals surface area contributed by atoms with E-state index in [9.17, 15) is 4.79 Å². The topological polar surface area (TPSA) is 49.6 Å². The van der Waals surface area contributed by atoms with Crippen LogP contribution in [0.15, 0.2) is 52.3 Å². The molecule has 1 amide bonds. The molecule has 2 aliphatic rings. The number of hydrogen-bond acceptors (Lipinski definition) is 4. The Labute approximate surface area is 176 Å². The molecule has 4 nitrogen and oxygen atoms in total. The van der Waals surface area contributed by atoms with Gasteiger partial charge in [0, 0.05) is 59.1 Å². The van der Waals surface area contributed by atoms with E-state index in [1.54, 1.807) is 11.8 Å². The molecule has 1 heterocycles. The largest absolute Gasteiger partial charge is 0.337 e. The first kappa shape index (κ1) is 19.8. The van der Waals surface area contributed by atoms with Crippen LogP contribution < -0.4 is 5.73 Å². The zero-order valence-electron chi connectivity index (χ0n) is 15.9. The van der Waals surface area contributed by atoms with Gasteiger partial charge in [-0.05, 0) is 67.3 Å². The van der Waals surface area contributed by atoms with E-state index in [1.807, 2.05) is 47.4 Å². The van der Waals surface area contributed by atoms with Crippen molar-refractivity contribution in [3.8, 4) is 0 Å². The Kier molecular flexibility index (Phi) is 6.26. The Balaban J connectivity index is 1.46. The predicted octanol–water partition coefficient (Wildman–Crippen LogP) is 4.26. The fourth-order valence-electron chi connectivity index (χ4n) is 3.73. The summed E-state index contributed by atoms with van der Waals surface area (Å²) in [6.45, 7) is 4.16. The van der Waals surface area contributed by atoms with Crippen molar-refractivity contribution in [2.45, 2.75) is 41.6 Å². The summed E-state index contributed by atoms with van der Waals surface area (Å²) in [5, 5.41) is 0.724. The van der Waals surface area contributed by atoms with Crippen molar-refractivity contribution in [1.29, 1.82) is 0 Å². The summed E-state index contributed by atoms with van der Waals surface area (Å²) in [5.41, 5.74) is 7.73. The number of amides is 1. The molecule has 0 bridgehead atoms. The van der Waals surface area contributed by atoms with E-state index in [4.69, 9.17) is 17.3 Å². The molecule has 0 atom stereocenters. The lowest BCUT2D eigenvalue weighted by molar-refractivity contribution is 0.0760. The van der Waals surface area contributed by atoms with E-state index >= 15 is 0 Å². The van der Waals surface area contributed by atoms with Gasteiger partial charge in [0.2, 0.25) is 0 Å². The molecule has 0 radical (unpaired) electrons. The Hall–Kier alpha value is -1.53. The summed E-state index contributed by atoms with van der Waals surface area (Å²) in [4.78, 5) is 19.8. The molecule has 1 saturated heterocycles. The fourth-order valence-corrected chi connectivity index (χ4v) is 4.79. The molecule has 2 aromatic rings. The van der Waals surface area contributed by atoms with Gasteiger partial charge in [0.15, 0.2) is 0 Å². The number of hydrogen-bond donors (Lipinski definition) is 1. The van der Waals surface area contributed by atoms with Crippen LogP contribution in [0.3, 0.4) is 0 Å². The molecule has 0 spiro atoms. The van der Waals surface area contributed by atoms with Crippen LogP contribution in [-0.4, -0.2) is 47.9 Å². The Morgan fingerprint density at radius 2 is 1.86 bits per heavy atom. The number of nitrogens with two attached hydrogens (primary N) is 1. The first-order valence-electron chi connectivity index (χ1n) is 9.94. The van der Waals surface area contributed by atoms with E-state index < -0.39 is 0 Å². The van der Waals surface area contributed by atoms with Gasteiger partial charge < -0.3 is 10.6 Å². The van der Waals surface area contributed by atoms with E-state index in [1.165, 1.54) is 12.8 Å². The average Bonchev–Trinajstić information content (AvgIpc) is 3.56. The van der Waals surface area contributed by atoms with Gasteiger partial charge in [-0.25, -0.2) is 0 Å². The first-order chi connectivity index (χ1) is 13.6. The zero-order valence-corrected chi connectivity index (χ0v) is 17.5. The summed E-state index contributed by atoms with van der Waals surface area (Å²) in [5.74, 6) is 0.121. The standard InChI is InChI=1S/C22H26ClN3OS/c23-18-3-7-20(8-4-18)28-21-9-2-16(14-17(21)15-24)22(27)26-11-1-10-25(12-13-26)19-5-6-19/h2-4,7-9,14,19H,1,5-6,10-13,15,24H2.